The van der Waals surface area contributed by atoms with E-state index in [1.54, 1.807) is 42.5 Å². The Kier molecular flexibility index (Phi) is 19.0. The number of benzene rings is 4. The molecule has 0 amide bonds. The monoisotopic (exact) mass is 872 g/mol. The van der Waals surface area contributed by atoms with Crippen LogP contribution in [-0.4, -0.2) is 117 Å². The first-order valence-electron chi connectivity index (χ1n) is 20.4. The van der Waals surface area contributed by atoms with Gasteiger partial charge in [-0.25, -0.2) is 4.79 Å². The Balaban J connectivity index is 0.00000131. The number of hydrogen-bond acceptors (Lipinski definition) is 17. The summed E-state index contributed by atoms with van der Waals surface area (Å²) < 4.78 is 35.3. The Morgan fingerprint density at radius 3 is 1.65 bits per heavy atom. The lowest BCUT2D eigenvalue weighted by atomic mass is 10.1. The second kappa shape index (κ2) is 24.3. The van der Waals surface area contributed by atoms with E-state index in [2.05, 4.69) is 88.9 Å². The first-order valence-corrected chi connectivity index (χ1v) is 21.8. The number of aromatic hydroxyl groups is 1. The van der Waals surface area contributed by atoms with Gasteiger partial charge in [-0.05, 0) is 125 Å². The fourth-order valence-corrected chi connectivity index (χ4v) is 6.49. The first-order chi connectivity index (χ1) is 29.7. The molecule has 1 aromatic heterocycles. The fraction of sp³-hybridized carbons (Fsp3) is 0.381. The van der Waals surface area contributed by atoms with Gasteiger partial charge in [-0.1, -0.05) is 45.9 Å². The molecule has 1 unspecified atom stereocenters. The summed E-state index contributed by atoms with van der Waals surface area (Å²) in [5.41, 5.74) is 1.73. The lowest BCUT2D eigenvalue weighted by Gasteiger charge is -2.18. The van der Waals surface area contributed by atoms with Crippen molar-refractivity contribution >= 4 is 73.1 Å². The number of fused-ring (bicyclic) bond motifs is 1. The van der Waals surface area contributed by atoms with Crippen molar-refractivity contribution in [1.29, 1.82) is 0 Å². The molecule has 5 rings (SSSR count). The molecule has 0 saturated carbocycles. The van der Waals surface area contributed by atoms with Crippen molar-refractivity contribution < 1.29 is 33.1 Å². The second-order valence-electron chi connectivity index (χ2n) is 13.8. The maximum Gasteiger partial charge on any atom is 0.332 e. The van der Waals surface area contributed by atoms with Gasteiger partial charge in [0.25, 0.3) is 10.1 Å². The molecule has 0 bridgehead atoms. The number of rotatable bonds is 22. The van der Waals surface area contributed by atoms with E-state index in [4.69, 9.17) is 10.2 Å². The molecule has 0 saturated heterocycles. The topological polar surface area (TPSA) is 263 Å². The molecule has 0 radical (unpaired) electrons. The lowest BCUT2D eigenvalue weighted by molar-refractivity contribution is -0.145. The number of nitrogens with zero attached hydrogens (tertiary/aromatic N) is 9. The number of phenolic OH excluding ortho intramolecular Hbond substituents is 1. The van der Waals surface area contributed by atoms with Crippen molar-refractivity contribution in [3.63, 3.8) is 0 Å². The average Bonchev–Trinajstić information content (AvgIpc) is 3.26. The van der Waals surface area contributed by atoms with Crippen LogP contribution in [0.3, 0.4) is 0 Å². The van der Waals surface area contributed by atoms with Crippen LogP contribution in [0, 0.1) is 0 Å². The number of aliphatic hydroxyl groups is 1. The number of nitrogens with one attached hydrogen (secondary N) is 3. The van der Waals surface area contributed by atoms with Gasteiger partial charge in [-0.2, -0.15) is 38.7 Å². The quantitative estimate of drug-likeness (QED) is 0.0196. The van der Waals surface area contributed by atoms with Crippen molar-refractivity contribution in [2.45, 2.75) is 58.5 Å². The van der Waals surface area contributed by atoms with Gasteiger partial charge in [0.05, 0.1) is 17.1 Å². The van der Waals surface area contributed by atoms with Crippen LogP contribution in [0.5, 0.6) is 5.75 Å². The van der Waals surface area contributed by atoms with E-state index >= 15 is 0 Å². The summed E-state index contributed by atoms with van der Waals surface area (Å²) in [6.07, 6.45) is 0.580. The van der Waals surface area contributed by atoms with E-state index in [9.17, 15) is 22.9 Å². The standard InChI is InChI=1S/C39H50N12O4S.C3H6O3/c1-5-50(6-2)24-12-22-40-37-43-38(41-23-13-25-51(7-3)8-4)45-39(44-37)42-32-20-21-33-28(26-32)27-34(56(53,54)55)35(36(33)52)49-48-31-18-16-30(17-19-31)47-46-29-14-10-9-11-15-29;1-2(4)3(5)6/h9-11,14-21,26-27,52H,5-8,12-13,22-25H2,1-4H3,(H,53,54,55)(H3,40,41,42,43,44,45);2,4H,1H3,(H,5,6). The molecule has 0 fully saturated rings. The third-order valence-corrected chi connectivity index (χ3v) is 10.3. The summed E-state index contributed by atoms with van der Waals surface area (Å²) in [5, 5.41) is 54.0. The third-order valence-electron chi connectivity index (χ3n) is 9.39. The highest BCUT2D eigenvalue weighted by Crippen LogP contribution is 2.42. The van der Waals surface area contributed by atoms with Crippen LogP contribution in [0.1, 0.15) is 47.5 Å². The van der Waals surface area contributed by atoms with Crippen LogP contribution in [0.2, 0.25) is 0 Å². The third kappa shape index (κ3) is 15.4. The van der Waals surface area contributed by atoms with Crippen LogP contribution in [0.15, 0.2) is 104 Å². The summed E-state index contributed by atoms with van der Waals surface area (Å²) >= 11 is 0. The molecule has 62 heavy (non-hydrogen) atoms. The number of azo groups is 2. The summed E-state index contributed by atoms with van der Waals surface area (Å²) in [7, 11) is -4.83. The number of phenols is 1. The number of carbonyl (C=O) groups is 1. The zero-order chi connectivity index (χ0) is 45.1. The van der Waals surface area contributed by atoms with Crippen molar-refractivity contribution in [3.8, 4) is 5.75 Å². The SMILES string of the molecule is CC(O)C(=O)O.CCN(CC)CCCNc1nc(NCCCN(CC)CC)nc(Nc2ccc3c(O)c(N=Nc4ccc(N=Nc5ccccc5)cc4)c(S(=O)(=O)O)cc3c2)n1. The number of hydrogen-bond donors (Lipinski definition) is 7. The summed E-state index contributed by atoms with van der Waals surface area (Å²) in [6, 6.07) is 22.0. The van der Waals surface area contributed by atoms with Crippen LogP contribution in [-0.2, 0) is 14.9 Å². The van der Waals surface area contributed by atoms with Gasteiger partial charge in [0.2, 0.25) is 17.8 Å². The molecule has 19 nitrogen and oxygen atoms in total. The molecule has 1 heterocycles. The van der Waals surface area contributed by atoms with Crippen molar-refractivity contribution in [3.05, 3.63) is 78.9 Å². The van der Waals surface area contributed by atoms with Crippen molar-refractivity contribution in [2.24, 2.45) is 20.5 Å². The highest BCUT2D eigenvalue weighted by Gasteiger charge is 2.22. The molecule has 7 N–H and O–H groups in total. The van der Waals surface area contributed by atoms with Crippen LogP contribution in [0.25, 0.3) is 10.8 Å². The van der Waals surface area contributed by atoms with Crippen molar-refractivity contribution in [2.75, 3.05) is 68.3 Å². The molecule has 0 aliphatic heterocycles. The van der Waals surface area contributed by atoms with Crippen LogP contribution < -0.4 is 16.0 Å². The van der Waals surface area contributed by atoms with Gasteiger partial charge in [-0.15, -0.1) is 5.11 Å². The molecule has 4 aromatic carbocycles. The maximum atomic E-state index is 12.6. The minimum atomic E-state index is -4.83. The van der Waals surface area contributed by atoms with Gasteiger partial charge < -0.3 is 41.1 Å². The largest absolute Gasteiger partial charge is 0.505 e. The Bertz CT molecular complexity index is 2320. The maximum absolute atomic E-state index is 12.6. The number of anilines is 4. The van der Waals surface area contributed by atoms with Gasteiger partial charge in [-0.3, -0.25) is 4.55 Å². The summed E-state index contributed by atoms with van der Waals surface area (Å²) in [5.74, 6) is -0.585. The second-order valence-corrected chi connectivity index (χ2v) is 15.2. The highest BCUT2D eigenvalue weighted by atomic mass is 32.2. The van der Waals surface area contributed by atoms with E-state index in [1.807, 2.05) is 30.3 Å². The Labute approximate surface area is 361 Å². The Hall–Kier alpha value is -6.19. The van der Waals surface area contributed by atoms with E-state index in [0.717, 1.165) is 52.1 Å². The molecule has 0 aliphatic carbocycles. The van der Waals surface area contributed by atoms with Gasteiger partial charge in [0.1, 0.15) is 16.7 Å². The molecular formula is C42H56N12O7S. The molecule has 332 valence electrons. The summed E-state index contributed by atoms with van der Waals surface area (Å²) in [4.78, 5) is 27.3. The number of carboxylic acid groups (broad SMARTS) is 1. The number of aromatic nitrogens is 3. The highest BCUT2D eigenvalue weighted by molar-refractivity contribution is 7.86. The van der Waals surface area contributed by atoms with E-state index < -0.39 is 38.5 Å². The molecule has 0 spiro atoms. The van der Waals surface area contributed by atoms with E-state index in [1.165, 1.54) is 13.0 Å². The lowest BCUT2D eigenvalue weighted by Crippen LogP contribution is -2.26. The minimum absolute atomic E-state index is 0.258. The predicted molar refractivity (Wildman–Crippen MR) is 241 cm³/mol. The number of carboxylic acids is 1. The molecule has 5 aromatic rings. The normalized spacial score (nSPS) is 12.2. The number of aliphatic hydroxyl groups excluding tert-OH is 1. The molecule has 20 heteroatoms. The molecular weight excluding hydrogens is 817 g/mol. The Morgan fingerprint density at radius 2 is 1.18 bits per heavy atom. The molecule has 1 atom stereocenters. The van der Waals surface area contributed by atoms with E-state index in [-0.39, 0.29) is 11.3 Å². The molecule has 0 aliphatic rings. The van der Waals surface area contributed by atoms with Crippen molar-refractivity contribution in [1.82, 2.24) is 24.8 Å². The van der Waals surface area contributed by atoms with Gasteiger partial charge in [0.15, 0.2) is 5.75 Å². The predicted octanol–water partition coefficient (Wildman–Crippen LogP) is 8.29. The summed E-state index contributed by atoms with van der Waals surface area (Å²) in [6.45, 7) is 16.9. The number of aliphatic carboxylic acids is 1. The van der Waals surface area contributed by atoms with E-state index in [0.29, 0.717) is 53.1 Å². The fourth-order valence-electron chi connectivity index (χ4n) is 5.83. The zero-order valence-corrected chi connectivity index (χ0v) is 36.4. The average molecular weight is 873 g/mol. The van der Waals surface area contributed by atoms with Gasteiger partial charge >= 0.3 is 5.97 Å². The van der Waals surface area contributed by atoms with Crippen LogP contribution in [0.4, 0.5) is 46.3 Å². The van der Waals surface area contributed by atoms with Gasteiger partial charge in [0, 0.05) is 24.2 Å². The minimum Gasteiger partial charge on any atom is -0.505 e. The van der Waals surface area contributed by atoms with Crippen LogP contribution >= 0.6 is 0 Å². The zero-order valence-electron chi connectivity index (χ0n) is 35.6. The smallest absolute Gasteiger partial charge is 0.332 e. The Morgan fingerprint density at radius 1 is 0.710 bits per heavy atom. The first kappa shape index (κ1) is 48.5.